The van der Waals surface area contributed by atoms with Crippen molar-refractivity contribution >= 4 is 13.8 Å². The maximum atomic E-state index is 12.2. The van der Waals surface area contributed by atoms with Crippen molar-refractivity contribution in [2.75, 3.05) is 54.1 Å². The second kappa shape index (κ2) is 25.2. The molecule has 0 aliphatic rings. The van der Waals surface area contributed by atoms with Gasteiger partial charge in [-0.15, -0.1) is 0 Å². The first kappa shape index (κ1) is 38.5. The highest BCUT2D eigenvalue weighted by atomic mass is 31.2. The SMILES string of the molecule is CC/C=C\C/C=C\C/C=C\C/C=C\CCCCCOCC(COP(=O)(O)OCC[N+](C)(C)C)OC(=O)CCCC. The van der Waals surface area contributed by atoms with E-state index in [9.17, 15) is 14.3 Å². The molecule has 0 aromatic heterocycles. The van der Waals surface area contributed by atoms with Crippen LogP contribution in [0.1, 0.15) is 84.5 Å². The van der Waals surface area contributed by atoms with Crippen LogP contribution in [0, 0.1) is 0 Å². The standard InChI is InChI=1S/C31H56NO7P/c1-6-8-10-11-12-13-14-15-16-17-18-19-20-21-22-23-26-36-28-30(39-31(33)24-9-7-2)29-38-40(34,35)37-27-25-32(3,4)5/h8,10,12-13,15-16,18-19,30H,6-7,9,11,14,17,20-29H2,1-5H3/p+1/b10-8-,13-12-,16-15-,19-18-. The monoisotopic (exact) mass is 586 g/mol. The van der Waals surface area contributed by atoms with Crippen LogP contribution in [-0.2, 0) is 27.9 Å². The molecule has 2 unspecified atom stereocenters. The van der Waals surface area contributed by atoms with Gasteiger partial charge < -0.3 is 18.9 Å². The average Bonchev–Trinajstić information content (AvgIpc) is 2.88. The lowest BCUT2D eigenvalue weighted by atomic mass is 10.2. The van der Waals surface area contributed by atoms with Crippen LogP contribution in [0.25, 0.3) is 0 Å². The second-order valence-corrected chi connectivity index (χ2v) is 12.2. The molecular formula is C31H57NO7P+. The summed E-state index contributed by atoms with van der Waals surface area (Å²) in [5.41, 5.74) is 0. The molecule has 0 amide bonds. The summed E-state index contributed by atoms with van der Waals surface area (Å²) in [5.74, 6) is -0.365. The first-order valence-corrected chi connectivity index (χ1v) is 16.4. The van der Waals surface area contributed by atoms with Crippen molar-refractivity contribution in [3.05, 3.63) is 48.6 Å². The van der Waals surface area contributed by atoms with Crippen molar-refractivity contribution in [2.24, 2.45) is 0 Å². The molecule has 8 nitrogen and oxygen atoms in total. The molecule has 0 aromatic rings. The lowest BCUT2D eigenvalue weighted by Gasteiger charge is -2.24. The fourth-order valence-corrected chi connectivity index (χ4v) is 4.02. The van der Waals surface area contributed by atoms with Gasteiger partial charge in [0.1, 0.15) is 19.3 Å². The molecule has 0 aliphatic heterocycles. The van der Waals surface area contributed by atoms with E-state index in [1.165, 1.54) is 0 Å². The number of allylic oxidation sites excluding steroid dienone is 8. The number of carbonyl (C=O) groups is 1. The van der Waals surface area contributed by atoms with Crippen LogP contribution in [0.5, 0.6) is 0 Å². The molecule has 0 aromatic carbocycles. The van der Waals surface area contributed by atoms with E-state index in [0.717, 1.165) is 64.2 Å². The van der Waals surface area contributed by atoms with Crippen molar-refractivity contribution in [1.82, 2.24) is 0 Å². The van der Waals surface area contributed by atoms with Crippen LogP contribution in [0.2, 0.25) is 0 Å². The van der Waals surface area contributed by atoms with E-state index < -0.39 is 13.9 Å². The molecule has 0 saturated heterocycles. The summed E-state index contributed by atoms with van der Waals surface area (Å²) < 4.78 is 34.1. The Kier molecular flexibility index (Phi) is 24.2. The largest absolute Gasteiger partial charge is 0.472 e. The number of phosphoric acid groups is 1. The number of rotatable bonds is 26. The molecule has 0 spiro atoms. The fourth-order valence-electron chi connectivity index (χ4n) is 3.28. The normalized spacial score (nSPS) is 15.1. The Morgan fingerprint density at radius 2 is 1.43 bits per heavy atom. The molecule has 0 fully saturated rings. The average molecular weight is 587 g/mol. The number of esters is 1. The zero-order valence-electron chi connectivity index (χ0n) is 25.8. The Hall–Kier alpha value is -1.54. The van der Waals surface area contributed by atoms with Gasteiger partial charge in [-0.2, -0.15) is 0 Å². The van der Waals surface area contributed by atoms with Crippen LogP contribution in [-0.4, -0.2) is 75.6 Å². The minimum atomic E-state index is -4.25. The highest BCUT2D eigenvalue weighted by molar-refractivity contribution is 7.47. The number of carbonyl (C=O) groups excluding carboxylic acids is 1. The smallest absolute Gasteiger partial charge is 0.457 e. The Labute approximate surface area is 244 Å². The van der Waals surface area contributed by atoms with Crippen LogP contribution < -0.4 is 0 Å². The summed E-state index contributed by atoms with van der Waals surface area (Å²) >= 11 is 0. The molecule has 0 radical (unpaired) electrons. The molecular weight excluding hydrogens is 529 g/mol. The predicted octanol–water partition coefficient (Wildman–Crippen LogP) is 7.31. The van der Waals surface area contributed by atoms with Crippen LogP contribution in [0.15, 0.2) is 48.6 Å². The van der Waals surface area contributed by atoms with E-state index in [1.807, 2.05) is 28.1 Å². The summed E-state index contributed by atoms with van der Waals surface area (Å²) in [7, 11) is 1.63. The maximum absolute atomic E-state index is 12.2. The van der Waals surface area contributed by atoms with E-state index in [2.05, 4.69) is 55.5 Å². The first-order chi connectivity index (χ1) is 19.1. The second-order valence-electron chi connectivity index (χ2n) is 10.8. The molecule has 0 heterocycles. The minimum Gasteiger partial charge on any atom is -0.457 e. The number of nitrogens with zero attached hydrogens (tertiary/aromatic N) is 1. The van der Waals surface area contributed by atoms with Gasteiger partial charge in [0.25, 0.3) is 0 Å². The number of hydrogen-bond acceptors (Lipinski definition) is 6. The van der Waals surface area contributed by atoms with Crippen molar-refractivity contribution in [2.45, 2.75) is 90.6 Å². The van der Waals surface area contributed by atoms with Gasteiger partial charge in [0.15, 0.2) is 0 Å². The zero-order chi connectivity index (χ0) is 30.0. The van der Waals surface area contributed by atoms with E-state index in [0.29, 0.717) is 24.1 Å². The van der Waals surface area contributed by atoms with Gasteiger partial charge in [-0.05, 0) is 51.4 Å². The highest BCUT2D eigenvalue weighted by Gasteiger charge is 2.26. The van der Waals surface area contributed by atoms with Gasteiger partial charge in [-0.1, -0.05) is 75.3 Å². The van der Waals surface area contributed by atoms with Crippen LogP contribution >= 0.6 is 7.82 Å². The quantitative estimate of drug-likeness (QED) is 0.0374. The number of likely N-dealkylation sites (N-methyl/N-ethyl adjacent to an activating group) is 1. The Bertz CT molecular complexity index is 787. The highest BCUT2D eigenvalue weighted by Crippen LogP contribution is 2.43. The topological polar surface area (TPSA) is 91.3 Å². The Morgan fingerprint density at radius 1 is 0.800 bits per heavy atom. The lowest BCUT2D eigenvalue weighted by molar-refractivity contribution is -0.870. The van der Waals surface area contributed by atoms with Gasteiger partial charge >= 0.3 is 13.8 Å². The van der Waals surface area contributed by atoms with E-state index in [1.54, 1.807) is 0 Å². The third kappa shape index (κ3) is 28.0. The van der Waals surface area contributed by atoms with Crippen LogP contribution in [0.4, 0.5) is 0 Å². The summed E-state index contributed by atoms with van der Waals surface area (Å²) in [5, 5.41) is 0. The van der Waals surface area contributed by atoms with Crippen molar-refractivity contribution in [3.8, 4) is 0 Å². The molecule has 0 aliphatic carbocycles. The van der Waals surface area contributed by atoms with Crippen molar-refractivity contribution < 1.29 is 37.3 Å². The fraction of sp³-hybridized carbons (Fsp3) is 0.710. The van der Waals surface area contributed by atoms with Crippen molar-refractivity contribution in [1.29, 1.82) is 0 Å². The molecule has 0 bridgehead atoms. The molecule has 232 valence electrons. The predicted molar refractivity (Wildman–Crippen MR) is 164 cm³/mol. The molecule has 40 heavy (non-hydrogen) atoms. The summed E-state index contributed by atoms with van der Waals surface area (Å²) in [4.78, 5) is 22.1. The Balaban J connectivity index is 4.17. The first-order valence-electron chi connectivity index (χ1n) is 14.9. The summed E-state index contributed by atoms with van der Waals surface area (Å²) in [6.45, 7) is 5.13. The number of ether oxygens (including phenoxy) is 2. The van der Waals surface area contributed by atoms with E-state index >= 15 is 0 Å². The molecule has 1 N–H and O–H groups in total. The number of hydrogen-bond donors (Lipinski definition) is 1. The Morgan fingerprint density at radius 3 is 2.02 bits per heavy atom. The zero-order valence-corrected chi connectivity index (χ0v) is 26.7. The van der Waals surface area contributed by atoms with Gasteiger partial charge in [-0.25, -0.2) is 4.57 Å². The van der Waals surface area contributed by atoms with Gasteiger partial charge in [0.05, 0.1) is 34.4 Å². The van der Waals surface area contributed by atoms with Crippen LogP contribution in [0.3, 0.4) is 0 Å². The van der Waals surface area contributed by atoms with Gasteiger partial charge in [-0.3, -0.25) is 13.8 Å². The third-order valence-electron chi connectivity index (χ3n) is 5.65. The number of unbranched alkanes of at least 4 members (excludes halogenated alkanes) is 4. The minimum absolute atomic E-state index is 0.0790. The van der Waals surface area contributed by atoms with Gasteiger partial charge in [0, 0.05) is 13.0 Å². The number of phosphoric ester groups is 1. The molecule has 2 atom stereocenters. The van der Waals surface area contributed by atoms with E-state index in [-0.39, 0.29) is 25.8 Å². The maximum Gasteiger partial charge on any atom is 0.472 e. The third-order valence-corrected chi connectivity index (χ3v) is 6.64. The number of quaternary nitrogens is 1. The summed E-state index contributed by atoms with van der Waals surface area (Å²) in [6.07, 6.45) is 26.7. The summed E-state index contributed by atoms with van der Waals surface area (Å²) in [6, 6.07) is 0. The van der Waals surface area contributed by atoms with Crippen molar-refractivity contribution in [3.63, 3.8) is 0 Å². The van der Waals surface area contributed by atoms with E-state index in [4.69, 9.17) is 18.5 Å². The molecule has 0 rings (SSSR count). The molecule has 0 saturated carbocycles. The lowest BCUT2D eigenvalue weighted by Crippen LogP contribution is -2.37. The van der Waals surface area contributed by atoms with Gasteiger partial charge in [0.2, 0.25) is 0 Å². The molecule has 9 heteroatoms.